The molecule has 0 fully saturated rings. The van der Waals surface area contributed by atoms with Crippen molar-refractivity contribution >= 4 is 58.6 Å². The number of aromatic amines is 2. The van der Waals surface area contributed by atoms with Gasteiger partial charge in [-0.25, -0.2) is 10.9 Å². The molecule has 0 radical (unpaired) electrons. The van der Waals surface area contributed by atoms with Crippen LogP contribution in [0.15, 0.2) is 138 Å². The van der Waals surface area contributed by atoms with Crippen LogP contribution in [-0.2, 0) is 0 Å². The van der Waals surface area contributed by atoms with Crippen molar-refractivity contribution in [3.05, 3.63) is 150 Å². The number of H-pyrrole nitrogens is 2. The summed E-state index contributed by atoms with van der Waals surface area (Å²) < 4.78 is 11.8. The van der Waals surface area contributed by atoms with E-state index in [2.05, 4.69) is 31.0 Å². The Morgan fingerprint density at radius 1 is 0.569 bits per heavy atom. The number of hydrazone groups is 2. The number of amides is 2. The molecule has 13 heteroatoms. The Kier molecular flexibility index (Phi) is 9.37. The van der Waals surface area contributed by atoms with E-state index < -0.39 is 18.9 Å². The minimum Gasteiger partial charge on any atom is -0.457 e. The van der Waals surface area contributed by atoms with E-state index in [1.807, 2.05) is 84.9 Å². The molecule has 0 saturated carbocycles. The number of aromatic nitrogens is 2. The average Bonchev–Trinajstić information content (AvgIpc) is 3.77. The number of para-hydroxylation sites is 2. The van der Waals surface area contributed by atoms with Crippen molar-refractivity contribution in [3.8, 4) is 23.0 Å². The molecule has 250 valence electrons. The molecule has 0 aliphatic rings. The second-order valence-electron chi connectivity index (χ2n) is 11.4. The number of nitrogens with one attached hydrogen (secondary N) is 4. The molecule has 0 atom stereocenters. The maximum absolute atomic E-state index is 12.9. The predicted molar refractivity (Wildman–Crippen MR) is 196 cm³/mol. The minimum absolute atomic E-state index is 0.159. The van der Waals surface area contributed by atoms with Gasteiger partial charge in [-0.15, -0.1) is 0 Å². The Morgan fingerprint density at radius 2 is 1.02 bits per heavy atom. The van der Waals surface area contributed by atoms with Gasteiger partial charge in [0.15, 0.2) is 0 Å². The second kappa shape index (κ2) is 14.7. The smallest absolute Gasteiger partial charge is 0.457 e. The van der Waals surface area contributed by atoms with Gasteiger partial charge in [0, 0.05) is 21.8 Å². The van der Waals surface area contributed by atoms with Crippen LogP contribution in [0.3, 0.4) is 0 Å². The zero-order valence-corrected chi connectivity index (χ0v) is 26.8. The lowest BCUT2D eigenvalue weighted by molar-refractivity contribution is 0.0943. The maximum Gasteiger partial charge on any atom is 0.488 e. The van der Waals surface area contributed by atoms with Crippen LogP contribution in [-0.4, -0.2) is 51.4 Å². The molecule has 0 spiro atoms. The summed E-state index contributed by atoms with van der Waals surface area (Å²) >= 11 is 0. The third-order valence-corrected chi connectivity index (χ3v) is 7.69. The molecule has 0 unspecified atom stereocenters. The summed E-state index contributed by atoms with van der Waals surface area (Å²) in [5.41, 5.74) is 8.07. The van der Waals surface area contributed by atoms with Gasteiger partial charge in [0.2, 0.25) is 0 Å². The minimum atomic E-state index is -1.78. The number of hydrogen-bond donors (Lipinski definition) is 6. The van der Waals surface area contributed by atoms with Crippen LogP contribution in [0.2, 0.25) is 0 Å². The quantitative estimate of drug-likeness (QED) is 0.0605. The molecule has 0 aliphatic heterocycles. The summed E-state index contributed by atoms with van der Waals surface area (Å²) in [5.74, 6) is 1.70. The van der Waals surface area contributed by atoms with Crippen molar-refractivity contribution in [1.82, 2.24) is 20.8 Å². The van der Waals surface area contributed by atoms with Crippen LogP contribution in [0.1, 0.15) is 32.1 Å². The summed E-state index contributed by atoms with van der Waals surface area (Å²) in [5, 5.41) is 29.3. The van der Waals surface area contributed by atoms with Gasteiger partial charge in [-0.2, -0.15) is 10.2 Å². The Morgan fingerprint density at radius 3 is 1.45 bits per heavy atom. The zero-order chi connectivity index (χ0) is 35.2. The molecular formula is C38H29BN6O6. The van der Waals surface area contributed by atoms with E-state index in [4.69, 9.17) is 9.47 Å². The fourth-order valence-corrected chi connectivity index (χ4v) is 5.29. The molecule has 12 nitrogen and oxygen atoms in total. The highest BCUT2D eigenvalue weighted by Gasteiger charge is 2.14. The van der Waals surface area contributed by atoms with Crippen molar-refractivity contribution in [2.75, 3.05) is 0 Å². The van der Waals surface area contributed by atoms with Gasteiger partial charge in [0.1, 0.15) is 34.4 Å². The number of hydrogen-bond acceptors (Lipinski definition) is 8. The van der Waals surface area contributed by atoms with E-state index in [1.165, 1.54) is 24.6 Å². The highest BCUT2D eigenvalue weighted by molar-refractivity contribution is 6.58. The standard InChI is InChI=1S/C38H29BN6O6/c46-37(35-20-26-18-31(11-13-33(26)42-35)50-29-7-3-1-4-8-29)44-40-22-24-15-25(17-28(16-24)39(48)49)23-41-45-38(47)36-21-27-19-32(12-14-34(27)43-36)51-30-9-5-2-6-10-30/h1-23,42-43,48-49H,(H,44,46)(H,45,47)/b40-22+,41-23+. The number of fused-ring (bicyclic) bond motifs is 2. The van der Waals surface area contributed by atoms with Crippen LogP contribution in [0, 0.1) is 0 Å². The molecule has 7 aromatic rings. The van der Waals surface area contributed by atoms with Crippen molar-refractivity contribution in [2.24, 2.45) is 10.2 Å². The SMILES string of the molecule is O=C(N/N=C/c1cc(/C=N/NC(=O)c2cc3cc(Oc4ccccc4)ccc3[nH]2)cc(B(O)O)c1)c1cc2cc(Oc3ccccc3)ccc2[nH]1. The fraction of sp³-hybridized carbons (Fsp3) is 0. The molecule has 5 aromatic carbocycles. The van der Waals surface area contributed by atoms with Crippen LogP contribution in [0.25, 0.3) is 21.8 Å². The Labute approximate surface area is 291 Å². The lowest BCUT2D eigenvalue weighted by Gasteiger charge is -2.04. The van der Waals surface area contributed by atoms with Gasteiger partial charge in [0.05, 0.1) is 12.4 Å². The van der Waals surface area contributed by atoms with E-state index >= 15 is 0 Å². The molecule has 2 amide bonds. The number of rotatable bonds is 11. The molecule has 6 N–H and O–H groups in total. The molecule has 51 heavy (non-hydrogen) atoms. The summed E-state index contributed by atoms with van der Waals surface area (Å²) in [6.07, 6.45) is 2.71. The Balaban J connectivity index is 0.987. The number of nitrogens with zero attached hydrogens (tertiary/aromatic N) is 2. The van der Waals surface area contributed by atoms with Crippen LogP contribution < -0.4 is 25.8 Å². The van der Waals surface area contributed by atoms with Crippen molar-refractivity contribution in [2.45, 2.75) is 0 Å². The van der Waals surface area contributed by atoms with E-state index in [1.54, 1.807) is 30.3 Å². The first-order valence-electron chi connectivity index (χ1n) is 15.8. The first-order chi connectivity index (χ1) is 24.9. The largest absolute Gasteiger partial charge is 0.488 e. The van der Waals surface area contributed by atoms with Crippen LogP contribution >= 0.6 is 0 Å². The van der Waals surface area contributed by atoms with E-state index in [0.717, 1.165) is 21.8 Å². The molecular weight excluding hydrogens is 647 g/mol. The fourth-order valence-electron chi connectivity index (χ4n) is 5.29. The van der Waals surface area contributed by atoms with E-state index in [0.29, 0.717) is 34.1 Å². The summed E-state index contributed by atoms with van der Waals surface area (Å²) in [6.45, 7) is 0. The van der Waals surface area contributed by atoms with Crippen LogP contribution in [0.5, 0.6) is 23.0 Å². The van der Waals surface area contributed by atoms with Gasteiger partial charge in [-0.3, -0.25) is 9.59 Å². The third kappa shape index (κ3) is 8.03. The molecule has 7 rings (SSSR count). The highest BCUT2D eigenvalue weighted by Crippen LogP contribution is 2.27. The van der Waals surface area contributed by atoms with Crippen LogP contribution in [0.4, 0.5) is 0 Å². The van der Waals surface area contributed by atoms with Gasteiger partial charge in [0.25, 0.3) is 11.8 Å². The summed E-state index contributed by atoms with van der Waals surface area (Å²) in [7, 11) is -1.78. The first kappa shape index (κ1) is 32.6. The topological polar surface area (TPSA) is 173 Å². The lowest BCUT2D eigenvalue weighted by Crippen LogP contribution is -2.30. The number of benzene rings is 5. The zero-order valence-electron chi connectivity index (χ0n) is 26.8. The first-order valence-corrected chi connectivity index (χ1v) is 15.8. The van der Waals surface area contributed by atoms with Crippen molar-refractivity contribution in [3.63, 3.8) is 0 Å². The van der Waals surface area contributed by atoms with E-state index in [-0.39, 0.29) is 16.9 Å². The monoisotopic (exact) mass is 676 g/mol. The molecule has 0 saturated heterocycles. The molecule has 0 aliphatic carbocycles. The van der Waals surface area contributed by atoms with E-state index in [9.17, 15) is 19.6 Å². The third-order valence-electron chi connectivity index (χ3n) is 7.69. The average molecular weight is 676 g/mol. The van der Waals surface area contributed by atoms with Gasteiger partial charge >= 0.3 is 7.12 Å². The Bertz CT molecular complexity index is 2250. The Hall–Kier alpha value is -6.96. The molecule has 0 bridgehead atoms. The van der Waals surface area contributed by atoms with Crippen molar-refractivity contribution in [1.29, 1.82) is 0 Å². The number of carbonyl (C=O) groups excluding carboxylic acids is 2. The lowest BCUT2D eigenvalue weighted by atomic mass is 9.79. The van der Waals surface area contributed by atoms with Gasteiger partial charge in [-0.1, -0.05) is 48.5 Å². The number of ether oxygens (including phenoxy) is 2. The predicted octanol–water partition coefficient (Wildman–Crippen LogP) is 5.44. The van der Waals surface area contributed by atoms with Gasteiger partial charge < -0.3 is 29.5 Å². The van der Waals surface area contributed by atoms with Crippen molar-refractivity contribution < 1.29 is 29.1 Å². The molecule has 2 aromatic heterocycles. The summed E-state index contributed by atoms with van der Waals surface area (Å²) in [6, 6.07) is 37.7. The normalized spacial score (nSPS) is 11.3. The summed E-state index contributed by atoms with van der Waals surface area (Å²) in [4.78, 5) is 31.8. The highest BCUT2D eigenvalue weighted by atomic mass is 16.5. The number of carbonyl (C=O) groups is 2. The maximum atomic E-state index is 12.9. The molecule has 2 heterocycles. The second-order valence-corrected chi connectivity index (χ2v) is 11.4. The van der Waals surface area contributed by atoms with Gasteiger partial charge in [-0.05, 0) is 95.5 Å².